The summed E-state index contributed by atoms with van der Waals surface area (Å²) in [7, 11) is 1.54. The molecule has 0 saturated heterocycles. The Hall–Kier alpha value is -2.16. The number of tetrazole rings is 1. The highest BCUT2D eigenvalue weighted by Crippen LogP contribution is 2.33. The number of hydrogen-bond donors (Lipinski definition) is 1. The van der Waals surface area contributed by atoms with E-state index < -0.39 is 17.6 Å². The Morgan fingerprint density at radius 2 is 2.14 bits per heavy atom. The molecule has 0 aliphatic heterocycles. The fourth-order valence-corrected chi connectivity index (χ4v) is 1.70. The number of rotatable bonds is 3. The first-order chi connectivity index (χ1) is 9.77. The Balaban J connectivity index is 2.15. The first-order valence-electron chi connectivity index (χ1n) is 5.65. The molecule has 0 spiro atoms. The number of carbonyl (C=O) groups excluding carboxylic acids is 1. The molecule has 2 rings (SSSR count). The molecule has 0 atom stereocenters. The zero-order valence-corrected chi connectivity index (χ0v) is 11.4. The number of nitrogens with one attached hydrogen (secondary N) is 1. The highest BCUT2D eigenvalue weighted by molar-refractivity contribution is 6.33. The van der Waals surface area contributed by atoms with Gasteiger partial charge in [0, 0.05) is 7.05 Å². The number of nitrogens with zero attached hydrogens (tertiary/aromatic N) is 4. The van der Waals surface area contributed by atoms with E-state index in [1.807, 2.05) is 0 Å². The number of carbonyl (C=O) groups is 1. The second-order valence-corrected chi connectivity index (χ2v) is 4.54. The van der Waals surface area contributed by atoms with Crippen LogP contribution in [0.25, 0.3) is 0 Å². The maximum atomic E-state index is 12.6. The maximum absolute atomic E-state index is 12.6. The molecular formula is C11H9ClF3N5O. The number of aryl methyl sites for hydroxylation is 1. The maximum Gasteiger partial charge on any atom is 0.416 e. The minimum Gasteiger partial charge on any atom is -0.324 e. The second-order valence-electron chi connectivity index (χ2n) is 4.14. The van der Waals surface area contributed by atoms with Crippen LogP contribution in [0.1, 0.15) is 11.4 Å². The van der Waals surface area contributed by atoms with Gasteiger partial charge in [0.1, 0.15) is 0 Å². The summed E-state index contributed by atoms with van der Waals surface area (Å²) in [4.78, 5) is 11.8. The summed E-state index contributed by atoms with van der Waals surface area (Å²) >= 11 is 5.78. The summed E-state index contributed by atoms with van der Waals surface area (Å²) in [6.07, 6.45) is -4.70. The first kappa shape index (κ1) is 15.2. The fraction of sp³-hybridized carbons (Fsp3) is 0.273. The van der Waals surface area contributed by atoms with Crippen LogP contribution < -0.4 is 5.32 Å². The largest absolute Gasteiger partial charge is 0.416 e. The summed E-state index contributed by atoms with van der Waals surface area (Å²) in [5, 5.41) is 12.8. The minimum atomic E-state index is -4.52. The van der Waals surface area contributed by atoms with Crippen molar-refractivity contribution in [3.8, 4) is 0 Å². The average Bonchev–Trinajstić information content (AvgIpc) is 2.76. The molecule has 0 radical (unpaired) electrons. The van der Waals surface area contributed by atoms with Crippen LogP contribution in [0.3, 0.4) is 0 Å². The summed E-state index contributed by atoms with van der Waals surface area (Å²) in [6.45, 7) is 0. The Morgan fingerprint density at radius 1 is 1.43 bits per heavy atom. The highest BCUT2D eigenvalue weighted by atomic mass is 35.5. The van der Waals surface area contributed by atoms with Gasteiger partial charge < -0.3 is 5.32 Å². The van der Waals surface area contributed by atoms with Gasteiger partial charge in [-0.15, -0.1) is 5.10 Å². The van der Waals surface area contributed by atoms with Gasteiger partial charge in [-0.05, 0) is 28.6 Å². The normalized spacial score (nSPS) is 11.5. The SMILES string of the molecule is Cn1nnnc1CC(=O)Nc1cc(C(F)(F)F)ccc1Cl. The van der Waals surface area contributed by atoms with Crippen molar-refractivity contribution >= 4 is 23.2 Å². The minimum absolute atomic E-state index is 0.00689. The Bertz CT molecular complexity index is 670. The molecular weight excluding hydrogens is 311 g/mol. The molecule has 1 heterocycles. The first-order valence-corrected chi connectivity index (χ1v) is 6.03. The average molecular weight is 320 g/mol. The number of aromatic nitrogens is 4. The zero-order valence-electron chi connectivity index (χ0n) is 10.6. The standard InChI is InChI=1S/C11H9ClF3N5O/c1-20-9(17-18-19-20)5-10(21)16-8-4-6(11(13,14)15)2-3-7(8)12/h2-4H,5H2,1H3,(H,16,21). The third-order valence-corrected chi connectivity index (χ3v) is 2.92. The molecule has 21 heavy (non-hydrogen) atoms. The van der Waals surface area contributed by atoms with Crippen LogP contribution in [0.15, 0.2) is 18.2 Å². The highest BCUT2D eigenvalue weighted by Gasteiger charge is 2.31. The smallest absolute Gasteiger partial charge is 0.324 e. The van der Waals surface area contributed by atoms with Crippen molar-refractivity contribution in [2.24, 2.45) is 7.05 Å². The van der Waals surface area contributed by atoms with Crippen LogP contribution in [0.2, 0.25) is 5.02 Å². The van der Waals surface area contributed by atoms with E-state index in [-0.39, 0.29) is 23.0 Å². The van der Waals surface area contributed by atoms with Crippen LogP contribution in [0.5, 0.6) is 0 Å². The fourth-order valence-electron chi connectivity index (χ4n) is 1.53. The van der Waals surface area contributed by atoms with Gasteiger partial charge in [-0.1, -0.05) is 11.6 Å². The molecule has 10 heteroatoms. The third kappa shape index (κ3) is 3.69. The number of alkyl halides is 3. The van der Waals surface area contributed by atoms with E-state index >= 15 is 0 Å². The van der Waals surface area contributed by atoms with E-state index in [0.717, 1.165) is 18.2 Å². The number of anilines is 1. The summed E-state index contributed by atoms with van der Waals surface area (Å²) in [6, 6.07) is 2.68. The van der Waals surface area contributed by atoms with Gasteiger partial charge in [-0.25, -0.2) is 4.68 Å². The predicted octanol–water partition coefficient (Wildman–Crippen LogP) is 2.06. The topological polar surface area (TPSA) is 72.7 Å². The lowest BCUT2D eigenvalue weighted by Gasteiger charge is -2.11. The quantitative estimate of drug-likeness (QED) is 0.940. The van der Waals surface area contributed by atoms with Crippen molar-refractivity contribution in [3.63, 3.8) is 0 Å². The monoisotopic (exact) mass is 319 g/mol. The zero-order chi connectivity index (χ0) is 15.6. The lowest BCUT2D eigenvalue weighted by atomic mass is 10.2. The van der Waals surface area contributed by atoms with E-state index in [0.29, 0.717) is 0 Å². The van der Waals surface area contributed by atoms with E-state index in [1.165, 1.54) is 4.68 Å². The number of halogens is 4. The molecule has 1 aromatic carbocycles. The van der Waals surface area contributed by atoms with Gasteiger partial charge in [-0.2, -0.15) is 13.2 Å². The van der Waals surface area contributed by atoms with E-state index in [1.54, 1.807) is 7.05 Å². The van der Waals surface area contributed by atoms with Crippen molar-refractivity contribution in [3.05, 3.63) is 34.6 Å². The van der Waals surface area contributed by atoms with Gasteiger partial charge in [0.2, 0.25) is 5.91 Å². The van der Waals surface area contributed by atoms with Crippen molar-refractivity contribution in [2.75, 3.05) is 5.32 Å². The Labute approximate surface area is 121 Å². The molecule has 1 aromatic heterocycles. The third-order valence-electron chi connectivity index (χ3n) is 2.59. The number of amides is 1. The molecule has 0 fully saturated rings. The molecule has 112 valence electrons. The van der Waals surface area contributed by atoms with Crippen LogP contribution >= 0.6 is 11.6 Å². The van der Waals surface area contributed by atoms with E-state index in [2.05, 4.69) is 20.8 Å². The molecule has 6 nitrogen and oxygen atoms in total. The lowest BCUT2D eigenvalue weighted by molar-refractivity contribution is -0.137. The van der Waals surface area contributed by atoms with Crippen molar-refractivity contribution in [1.29, 1.82) is 0 Å². The molecule has 0 aliphatic carbocycles. The van der Waals surface area contributed by atoms with Crippen LogP contribution in [-0.2, 0) is 24.4 Å². The van der Waals surface area contributed by atoms with Crippen LogP contribution in [-0.4, -0.2) is 26.1 Å². The van der Waals surface area contributed by atoms with Gasteiger partial charge >= 0.3 is 6.18 Å². The second kappa shape index (κ2) is 5.68. The Kier molecular flexibility index (Phi) is 4.12. The molecule has 1 N–H and O–H groups in total. The summed E-state index contributed by atoms with van der Waals surface area (Å²) < 4.78 is 39.1. The summed E-state index contributed by atoms with van der Waals surface area (Å²) in [5.41, 5.74) is -1.02. The van der Waals surface area contributed by atoms with Gasteiger partial charge in [0.05, 0.1) is 22.7 Å². The predicted molar refractivity (Wildman–Crippen MR) is 67.6 cm³/mol. The number of hydrogen-bond acceptors (Lipinski definition) is 4. The van der Waals surface area contributed by atoms with Crippen molar-refractivity contribution in [2.45, 2.75) is 12.6 Å². The molecule has 0 bridgehead atoms. The van der Waals surface area contributed by atoms with Crippen molar-refractivity contribution < 1.29 is 18.0 Å². The van der Waals surface area contributed by atoms with Gasteiger partial charge in [0.15, 0.2) is 5.82 Å². The van der Waals surface area contributed by atoms with Crippen LogP contribution in [0, 0.1) is 0 Å². The van der Waals surface area contributed by atoms with E-state index in [9.17, 15) is 18.0 Å². The number of benzene rings is 1. The molecule has 2 aromatic rings. The molecule has 0 saturated carbocycles. The molecule has 0 unspecified atom stereocenters. The summed E-state index contributed by atoms with van der Waals surface area (Å²) in [5.74, 6) is -0.301. The van der Waals surface area contributed by atoms with E-state index in [4.69, 9.17) is 11.6 Å². The van der Waals surface area contributed by atoms with Crippen LogP contribution in [0.4, 0.5) is 18.9 Å². The van der Waals surface area contributed by atoms with Gasteiger partial charge in [-0.3, -0.25) is 4.79 Å². The molecule has 0 aliphatic rings. The lowest BCUT2D eigenvalue weighted by Crippen LogP contribution is -2.18. The van der Waals surface area contributed by atoms with Crippen molar-refractivity contribution in [1.82, 2.24) is 20.2 Å². The molecule has 1 amide bonds. The van der Waals surface area contributed by atoms with Gasteiger partial charge in [0.25, 0.3) is 0 Å². The Morgan fingerprint density at radius 3 is 2.71 bits per heavy atom.